The van der Waals surface area contributed by atoms with Crippen LogP contribution in [0.15, 0.2) is 30.0 Å². The van der Waals surface area contributed by atoms with Crippen LogP contribution in [-0.2, 0) is 11.3 Å². The normalized spacial score (nSPS) is 27.6. The minimum Gasteiger partial charge on any atom is -0.369 e. The summed E-state index contributed by atoms with van der Waals surface area (Å²) in [4.78, 5) is 15.3. The van der Waals surface area contributed by atoms with Crippen LogP contribution in [0.4, 0.5) is 5.95 Å². The molecule has 4 heterocycles. The van der Waals surface area contributed by atoms with E-state index >= 15 is 0 Å². The average molecular weight is 345 g/mol. The number of ether oxygens (including phenoxy) is 1. The van der Waals surface area contributed by atoms with Crippen molar-refractivity contribution >= 4 is 17.3 Å². The highest BCUT2D eigenvalue weighted by Crippen LogP contribution is 2.37. The fraction of sp³-hybridized carbons (Fsp3) is 0.588. The molecule has 24 heavy (non-hydrogen) atoms. The molecule has 0 bridgehead atoms. The van der Waals surface area contributed by atoms with Crippen molar-refractivity contribution in [3.63, 3.8) is 0 Å². The average Bonchev–Trinajstić information content (AvgIpc) is 3.25. The fourth-order valence-corrected chi connectivity index (χ4v) is 4.41. The van der Waals surface area contributed by atoms with Crippen LogP contribution in [0.5, 0.6) is 0 Å². The summed E-state index contributed by atoms with van der Waals surface area (Å²) in [5.41, 5.74) is 0.0272. The summed E-state index contributed by atoms with van der Waals surface area (Å²) in [5.74, 6) is 0.678. The Balaban J connectivity index is 1.31. The van der Waals surface area contributed by atoms with Gasteiger partial charge in [0.05, 0.1) is 18.2 Å². The highest BCUT2D eigenvalue weighted by atomic mass is 32.1. The van der Waals surface area contributed by atoms with Gasteiger partial charge in [0.25, 0.3) is 0 Å². The third-order valence-corrected chi connectivity index (χ3v) is 5.63. The Hall–Kier alpha value is -1.57. The quantitative estimate of drug-likeness (QED) is 0.898. The molecule has 6 nitrogen and oxygen atoms in total. The second kappa shape index (κ2) is 7.13. The number of thiazole rings is 1. The summed E-state index contributed by atoms with van der Waals surface area (Å²) >= 11 is 1.73. The minimum atomic E-state index is 0.0272. The van der Waals surface area contributed by atoms with Crippen molar-refractivity contribution in [2.24, 2.45) is 0 Å². The minimum absolute atomic E-state index is 0.0272. The van der Waals surface area contributed by atoms with Crippen molar-refractivity contribution in [1.29, 1.82) is 0 Å². The summed E-state index contributed by atoms with van der Waals surface area (Å²) in [6, 6.07) is 1.83. The molecule has 2 saturated heterocycles. The van der Waals surface area contributed by atoms with Crippen molar-refractivity contribution < 1.29 is 4.74 Å². The van der Waals surface area contributed by atoms with Gasteiger partial charge in [0.2, 0.25) is 5.95 Å². The van der Waals surface area contributed by atoms with Gasteiger partial charge in [-0.3, -0.25) is 4.90 Å². The number of anilines is 1. The molecule has 2 atom stereocenters. The van der Waals surface area contributed by atoms with E-state index in [1.807, 2.05) is 17.6 Å². The summed E-state index contributed by atoms with van der Waals surface area (Å²) in [6.45, 7) is 3.84. The number of hydrogen-bond acceptors (Lipinski definition) is 7. The maximum atomic E-state index is 6.53. The Bertz CT molecular complexity index is 638. The molecule has 0 unspecified atom stereocenters. The Labute approximate surface area is 146 Å². The van der Waals surface area contributed by atoms with E-state index in [0.717, 1.165) is 39.0 Å². The summed E-state index contributed by atoms with van der Waals surface area (Å²) in [5, 5.41) is 6.54. The molecule has 1 spiro atoms. The Morgan fingerprint density at radius 3 is 3.00 bits per heavy atom. The molecule has 2 aliphatic heterocycles. The van der Waals surface area contributed by atoms with Crippen LogP contribution in [0, 0.1) is 0 Å². The molecule has 2 fully saturated rings. The molecular weight excluding hydrogens is 322 g/mol. The van der Waals surface area contributed by atoms with E-state index in [1.165, 1.54) is 17.8 Å². The van der Waals surface area contributed by atoms with Crippen LogP contribution in [0.2, 0.25) is 0 Å². The zero-order chi connectivity index (χ0) is 16.2. The van der Waals surface area contributed by atoms with Crippen molar-refractivity contribution in [1.82, 2.24) is 19.9 Å². The van der Waals surface area contributed by atoms with Gasteiger partial charge in [-0.1, -0.05) is 0 Å². The zero-order valence-corrected chi connectivity index (χ0v) is 14.5. The van der Waals surface area contributed by atoms with Gasteiger partial charge in [0, 0.05) is 43.6 Å². The van der Waals surface area contributed by atoms with E-state index in [9.17, 15) is 0 Å². The molecule has 0 aromatic carbocycles. The molecule has 2 aromatic heterocycles. The number of likely N-dealkylation sites (tertiary alicyclic amines) is 1. The first-order chi connectivity index (χ1) is 11.8. The second-order valence-corrected chi connectivity index (χ2v) is 7.63. The molecule has 128 valence electrons. The van der Waals surface area contributed by atoms with Crippen molar-refractivity contribution in [3.8, 4) is 0 Å². The first-order valence-electron chi connectivity index (χ1n) is 8.61. The fourth-order valence-electron chi connectivity index (χ4n) is 3.75. The van der Waals surface area contributed by atoms with Crippen LogP contribution in [0.1, 0.15) is 30.7 Å². The van der Waals surface area contributed by atoms with Gasteiger partial charge in [-0.2, -0.15) is 0 Å². The van der Waals surface area contributed by atoms with Gasteiger partial charge in [-0.15, -0.1) is 11.3 Å². The van der Waals surface area contributed by atoms with Crippen molar-refractivity contribution in [3.05, 3.63) is 35.0 Å². The molecular formula is C17H23N5OS. The van der Waals surface area contributed by atoms with E-state index in [0.29, 0.717) is 5.95 Å². The lowest BCUT2D eigenvalue weighted by Crippen LogP contribution is -2.45. The topological polar surface area (TPSA) is 63.2 Å². The molecule has 0 aliphatic carbocycles. The summed E-state index contributed by atoms with van der Waals surface area (Å²) in [6.07, 6.45) is 10.3. The number of rotatable bonds is 5. The van der Waals surface area contributed by atoms with Crippen molar-refractivity contribution in [2.45, 2.75) is 43.9 Å². The van der Waals surface area contributed by atoms with Crippen LogP contribution in [0.25, 0.3) is 0 Å². The molecule has 1 N–H and O–H groups in total. The lowest BCUT2D eigenvalue weighted by atomic mass is 9.90. The maximum absolute atomic E-state index is 6.53. The monoisotopic (exact) mass is 345 g/mol. The van der Waals surface area contributed by atoms with Gasteiger partial charge < -0.3 is 10.1 Å². The largest absolute Gasteiger partial charge is 0.369 e. The number of nitrogens with one attached hydrogen (secondary N) is 1. The molecule has 0 radical (unpaired) electrons. The lowest BCUT2D eigenvalue weighted by molar-refractivity contribution is -0.115. The maximum Gasteiger partial charge on any atom is 0.222 e. The van der Waals surface area contributed by atoms with Crippen LogP contribution in [-0.4, -0.2) is 51.2 Å². The predicted octanol–water partition coefficient (Wildman–Crippen LogP) is 2.56. The number of hydrogen-bond donors (Lipinski definition) is 1. The van der Waals surface area contributed by atoms with Gasteiger partial charge in [0.1, 0.15) is 5.01 Å². The van der Waals surface area contributed by atoms with Gasteiger partial charge in [0.15, 0.2) is 0 Å². The predicted molar refractivity (Wildman–Crippen MR) is 94.0 cm³/mol. The molecule has 0 saturated carbocycles. The summed E-state index contributed by atoms with van der Waals surface area (Å²) < 4.78 is 6.53. The SMILES string of the molecule is c1cnc(NC[C@H]2CCC[C@]3(CCN(Cc4nccs4)C3)O2)nc1. The summed E-state index contributed by atoms with van der Waals surface area (Å²) in [7, 11) is 0. The number of aromatic nitrogens is 3. The van der Waals surface area contributed by atoms with E-state index in [2.05, 4.69) is 25.2 Å². The second-order valence-electron chi connectivity index (χ2n) is 6.65. The van der Waals surface area contributed by atoms with Crippen LogP contribution in [0.3, 0.4) is 0 Å². The molecule has 2 aliphatic rings. The van der Waals surface area contributed by atoms with E-state index in [1.54, 1.807) is 23.7 Å². The van der Waals surface area contributed by atoms with E-state index in [4.69, 9.17) is 4.74 Å². The van der Waals surface area contributed by atoms with Gasteiger partial charge >= 0.3 is 0 Å². The highest BCUT2D eigenvalue weighted by Gasteiger charge is 2.42. The van der Waals surface area contributed by atoms with E-state index in [-0.39, 0.29) is 11.7 Å². The smallest absolute Gasteiger partial charge is 0.222 e. The zero-order valence-electron chi connectivity index (χ0n) is 13.7. The standard InChI is InChI=1S/C17H23N5OS/c1-3-14(11-21-16-19-6-2-7-20-16)23-17(4-1)5-9-22(13-17)12-15-18-8-10-24-15/h2,6-8,10,14H,1,3-5,9,11-13H2,(H,19,20,21)/t14-,17-/m1/s1. The molecule has 0 amide bonds. The molecule has 2 aromatic rings. The Morgan fingerprint density at radius 2 is 2.17 bits per heavy atom. The third-order valence-electron chi connectivity index (χ3n) is 4.87. The molecule has 7 heteroatoms. The lowest BCUT2D eigenvalue weighted by Gasteiger charge is -2.38. The Kier molecular flexibility index (Phi) is 4.73. The van der Waals surface area contributed by atoms with Crippen LogP contribution >= 0.6 is 11.3 Å². The van der Waals surface area contributed by atoms with Crippen molar-refractivity contribution in [2.75, 3.05) is 25.0 Å². The first kappa shape index (κ1) is 15.9. The first-order valence-corrected chi connectivity index (χ1v) is 9.49. The third kappa shape index (κ3) is 3.74. The van der Waals surface area contributed by atoms with Crippen LogP contribution < -0.4 is 5.32 Å². The molecule has 4 rings (SSSR count). The van der Waals surface area contributed by atoms with Gasteiger partial charge in [-0.05, 0) is 31.7 Å². The van der Waals surface area contributed by atoms with E-state index < -0.39 is 0 Å². The van der Waals surface area contributed by atoms with Gasteiger partial charge in [-0.25, -0.2) is 15.0 Å². The number of nitrogens with zero attached hydrogens (tertiary/aromatic N) is 4. The highest BCUT2D eigenvalue weighted by molar-refractivity contribution is 7.09. The Morgan fingerprint density at radius 1 is 1.25 bits per heavy atom.